The third-order valence-electron chi connectivity index (χ3n) is 3.41. The van der Waals surface area contributed by atoms with E-state index in [-0.39, 0.29) is 5.91 Å². The van der Waals surface area contributed by atoms with Gasteiger partial charge in [0.2, 0.25) is 5.91 Å². The molecule has 1 amide bonds. The Labute approximate surface area is 121 Å². The van der Waals surface area contributed by atoms with Crippen LogP contribution in [-0.2, 0) is 11.2 Å². The van der Waals surface area contributed by atoms with Crippen LogP contribution in [0.15, 0.2) is 28.7 Å². The van der Waals surface area contributed by atoms with E-state index in [4.69, 9.17) is 11.6 Å². The molecule has 2 rings (SSSR count). The lowest BCUT2D eigenvalue weighted by atomic mass is 9.91. The lowest BCUT2D eigenvalue weighted by Gasteiger charge is -2.37. The molecule has 0 aromatic heterocycles. The Hall–Kier alpha value is -0.540. The van der Waals surface area contributed by atoms with Gasteiger partial charge in [-0.15, -0.1) is 11.6 Å². The largest absolute Gasteiger partial charge is 0.338 e. The average Bonchev–Trinajstić information content (AvgIpc) is 2.26. The normalized spacial score (nSPS) is 15.2. The van der Waals surface area contributed by atoms with Crippen molar-refractivity contribution in [2.24, 2.45) is 0 Å². The minimum atomic E-state index is 0.193. The molecule has 98 valence electrons. The zero-order valence-corrected chi connectivity index (χ0v) is 12.6. The molecule has 1 aromatic rings. The quantitative estimate of drug-likeness (QED) is 0.755. The fourth-order valence-corrected chi connectivity index (χ4v) is 2.85. The van der Waals surface area contributed by atoms with Crippen molar-refractivity contribution in [2.45, 2.75) is 31.7 Å². The number of carbonyl (C=O) groups is 1. The highest BCUT2D eigenvalue weighted by molar-refractivity contribution is 9.10. The third-order valence-corrected chi connectivity index (χ3v) is 4.07. The fourth-order valence-electron chi connectivity index (χ4n) is 2.22. The van der Waals surface area contributed by atoms with Crippen LogP contribution in [0, 0.1) is 0 Å². The highest BCUT2D eigenvalue weighted by Gasteiger charge is 2.27. The SMILES string of the molecule is O=C(Cc1cccc(Br)c1)N(CCCl)C1CCC1. The molecule has 0 aliphatic heterocycles. The van der Waals surface area contributed by atoms with Crippen molar-refractivity contribution >= 4 is 33.4 Å². The molecule has 0 spiro atoms. The Morgan fingerprint density at radius 2 is 2.22 bits per heavy atom. The van der Waals surface area contributed by atoms with E-state index >= 15 is 0 Å². The average molecular weight is 331 g/mol. The van der Waals surface area contributed by atoms with E-state index in [9.17, 15) is 4.79 Å². The zero-order chi connectivity index (χ0) is 13.0. The number of benzene rings is 1. The number of alkyl halides is 1. The van der Waals surface area contributed by atoms with Gasteiger partial charge in [-0.3, -0.25) is 4.79 Å². The summed E-state index contributed by atoms with van der Waals surface area (Å²) in [7, 11) is 0. The third kappa shape index (κ3) is 3.48. The van der Waals surface area contributed by atoms with Gasteiger partial charge in [-0.25, -0.2) is 0 Å². The molecule has 1 aliphatic rings. The minimum Gasteiger partial charge on any atom is -0.338 e. The molecule has 0 heterocycles. The summed E-state index contributed by atoms with van der Waals surface area (Å²) in [5, 5.41) is 0. The summed E-state index contributed by atoms with van der Waals surface area (Å²) in [6.45, 7) is 0.666. The van der Waals surface area contributed by atoms with Crippen molar-refractivity contribution in [2.75, 3.05) is 12.4 Å². The van der Waals surface area contributed by atoms with Crippen molar-refractivity contribution < 1.29 is 4.79 Å². The van der Waals surface area contributed by atoms with E-state index in [0.717, 1.165) is 22.9 Å². The first-order valence-electron chi connectivity index (χ1n) is 6.30. The maximum Gasteiger partial charge on any atom is 0.227 e. The maximum atomic E-state index is 12.3. The first-order chi connectivity index (χ1) is 8.70. The second-order valence-corrected chi connectivity index (χ2v) is 5.96. The number of halogens is 2. The van der Waals surface area contributed by atoms with Gasteiger partial charge in [0.1, 0.15) is 0 Å². The van der Waals surface area contributed by atoms with Gasteiger partial charge in [-0.05, 0) is 37.0 Å². The Kier molecular flexibility index (Phi) is 5.07. The smallest absolute Gasteiger partial charge is 0.227 e. The van der Waals surface area contributed by atoms with Gasteiger partial charge >= 0.3 is 0 Å². The second kappa shape index (κ2) is 6.58. The number of carbonyl (C=O) groups excluding carboxylic acids is 1. The minimum absolute atomic E-state index is 0.193. The molecule has 0 N–H and O–H groups in total. The van der Waals surface area contributed by atoms with Crippen LogP contribution in [0.3, 0.4) is 0 Å². The summed E-state index contributed by atoms with van der Waals surface area (Å²) in [5.74, 6) is 0.708. The predicted octanol–water partition coefficient (Wildman–Crippen LogP) is 3.61. The van der Waals surface area contributed by atoms with E-state index in [1.807, 2.05) is 29.2 Å². The Morgan fingerprint density at radius 3 is 2.78 bits per heavy atom. The van der Waals surface area contributed by atoms with Crippen LogP contribution in [0.25, 0.3) is 0 Å². The molecule has 1 aromatic carbocycles. The van der Waals surface area contributed by atoms with Gasteiger partial charge in [0.25, 0.3) is 0 Å². The van der Waals surface area contributed by atoms with Crippen LogP contribution in [0.1, 0.15) is 24.8 Å². The van der Waals surface area contributed by atoms with Crippen molar-refractivity contribution in [3.8, 4) is 0 Å². The van der Waals surface area contributed by atoms with Crippen molar-refractivity contribution in [3.05, 3.63) is 34.3 Å². The van der Waals surface area contributed by atoms with Crippen LogP contribution in [-0.4, -0.2) is 29.3 Å². The van der Waals surface area contributed by atoms with Crippen LogP contribution >= 0.6 is 27.5 Å². The topological polar surface area (TPSA) is 20.3 Å². The molecule has 0 radical (unpaired) electrons. The summed E-state index contributed by atoms with van der Waals surface area (Å²) < 4.78 is 1.01. The van der Waals surface area contributed by atoms with Crippen LogP contribution < -0.4 is 0 Å². The van der Waals surface area contributed by atoms with Gasteiger partial charge < -0.3 is 4.90 Å². The Morgan fingerprint density at radius 1 is 1.44 bits per heavy atom. The molecule has 1 aliphatic carbocycles. The lowest BCUT2D eigenvalue weighted by Crippen LogP contribution is -2.45. The van der Waals surface area contributed by atoms with E-state index < -0.39 is 0 Å². The van der Waals surface area contributed by atoms with Gasteiger partial charge in [-0.2, -0.15) is 0 Å². The molecule has 0 atom stereocenters. The first-order valence-corrected chi connectivity index (χ1v) is 7.63. The maximum absolute atomic E-state index is 12.3. The van der Waals surface area contributed by atoms with E-state index in [1.165, 1.54) is 6.42 Å². The van der Waals surface area contributed by atoms with Gasteiger partial charge in [0.15, 0.2) is 0 Å². The summed E-state index contributed by atoms with van der Waals surface area (Å²) >= 11 is 9.22. The molecule has 1 saturated carbocycles. The molecule has 0 unspecified atom stereocenters. The Balaban J connectivity index is 2.00. The van der Waals surface area contributed by atoms with E-state index in [1.54, 1.807) is 0 Å². The highest BCUT2D eigenvalue weighted by atomic mass is 79.9. The molecular weight excluding hydrogens is 314 g/mol. The van der Waals surface area contributed by atoms with Crippen LogP contribution in [0.2, 0.25) is 0 Å². The number of hydrogen-bond donors (Lipinski definition) is 0. The van der Waals surface area contributed by atoms with Gasteiger partial charge in [0, 0.05) is 22.9 Å². The molecule has 0 bridgehead atoms. The van der Waals surface area contributed by atoms with E-state index in [2.05, 4.69) is 15.9 Å². The first kappa shape index (κ1) is 13.9. The second-order valence-electron chi connectivity index (χ2n) is 4.67. The summed E-state index contributed by atoms with van der Waals surface area (Å²) in [5.41, 5.74) is 1.05. The number of nitrogens with zero attached hydrogens (tertiary/aromatic N) is 1. The molecular formula is C14H17BrClNO. The van der Waals surface area contributed by atoms with Crippen molar-refractivity contribution in [1.29, 1.82) is 0 Å². The number of rotatable bonds is 5. The van der Waals surface area contributed by atoms with Crippen LogP contribution in [0.4, 0.5) is 0 Å². The van der Waals surface area contributed by atoms with Crippen molar-refractivity contribution in [1.82, 2.24) is 4.90 Å². The van der Waals surface area contributed by atoms with Crippen molar-refractivity contribution in [3.63, 3.8) is 0 Å². The summed E-state index contributed by atoms with van der Waals surface area (Å²) in [6.07, 6.45) is 3.95. The van der Waals surface area contributed by atoms with Gasteiger partial charge in [0.05, 0.1) is 6.42 Å². The summed E-state index contributed by atoms with van der Waals surface area (Å²) in [4.78, 5) is 14.3. The van der Waals surface area contributed by atoms with E-state index in [0.29, 0.717) is 24.9 Å². The predicted molar refractivity (Wildman–Crippen MR) is 77.9 cm³/mol. The molecule has 0 saturated heterocycles. The highest BCUT2D eigenvalue weighted by Crippen LogP contribution is 2.25. The number of hydrogen-bond acceptors (Lipinski definition) is 1. The Bertz CT molecular complexity index is 420. The lowest BCUT2D eigenvalue weighted by molar-refractivity contribution is -0.134. The molecule has 18 heavy (non-hydrogen) atoms. The fraction of sp³-hybridized carbons (Fsp3) is 0.500. The monoisotopic (exact) mass is 329 g/mol. The molecule has 2 nitrogen and oxygen atoms in total. The number of amides is 1. The van der Waals surface area contributed by atoms with Crippen LogP contribution in [0.5, 0.6) is 0 Å². The molecule has 4 heteroatoms. The molecule has 1 fully saturated rings. The van der Waals surface area contributed by atoms with Gasteiger partial charge in [-0.1, -0.05) is 28.1 Å². The standard InChI is InChI=1S/C14H17BrClNO/c15-12-4-1-3-11(9-12)10-14(18)17(8-7-16)13-5-2-6-13/h1,3-4,9,13H,2,5-8,10H2. The summed E-state index contributed by atoms with van der Waals surface area (Å²) in [6, 6.07) is 8.33. The zero-order valence-electron chi connectivity index (χ0n) is 10.2.